The number of carbonyl (C=O) groups excluding carboxylic acids is 6. The fourth-order valence-electron chi connectivity index (χ4n) is 6.73. The van der Waals surface area contributed by atoms with Crippen molar-refractivity contribution < 1.29 is 43.0 Å². The number of hydrogen-bond donors (Lipinski definition) is 0. The summed E-state index contributed by atoms with van der Waals surface area (Å²) in [7, 11) is 1.51. The number of imide groups is 1. The number of aromatic nitrogens is 1. The molecule has 16 nitrogen and oxygen atoms in total. The molecule has 5 saturated heterocycles. The van der Waals surface area contributed by atoms with Gasteiger partial charge < -0.3 is 38.4 Å². The summed E-state index contributed by atoms with van der Waals surface area (Å²) in [6.07, 6.45) is 14.2. The number of pyridine rings is 1. The highest BCUT2D eigenvalue weighted by Gasteiger charge is 2.27. The smallest absolute Gasteiger partial charge is 0.409 e. The van der Waals surface area contributed by atoms with Crippen LogP contribution in [0.15, 0.2) is 23.1 Å². The topological polar surface area (TPSA) is 168 Å². The normalized spacial score (nSPS) is 17.1. The third-order valence-electron chi connectivity index (χ3n) is 9.74. The van der Waals surface area contributed by atoms with Crippen LogP contribution in [0, 0.1) is 0 Å². The van der Waals surface area contributed by atoms with Crippen LogP contribution < -0.4 is 10.3 Å². The largest absolute Gasteiger partial charge is 0.491 e. The van der Waals surface area contributed by atoms with Crippen LogP contribution in [-0.2, 0) is 35.2 Å². The minimum absolute atomic E-state index is 0.00755. The Hall–Kier alpha value is -4.63. The summed E-state index contributed by atoms with van der Waals surface area (Å²) < 4.78 is 16.1. The zero-order chi connectivity index (χ0) is 44.7. The molecular formula is C44H76N6O10. The first-order valence-corrected chi connectivity index (χ1v) is 22.4. The van der Waals surface area contributed by atoms with E-state index in [1.165, 1.54) is 18.4 Å². The third-order valence-corrected chi connectivity index (χ3v) is 9.74. The van der Waals surface area contributed by atoms with Gasteiger partial charge in [-0.3, -0.25) is 28.9 Å². The zero-order valence-corrected chi connectivity index (χ0v) is 37.9. The number of carbonyl (C=O) groups is 6. The summed E-state index contributed by atoms with van der Waals surface area (Å²) in [4.78, 5) is 85.5. The number of rotatable bonds is 13. The van der Waals surface area contributed by atoms with Gasteiger partial charge in [0.1, 0.15) is 6.61 Å². The first-order chi connectivity index (χ1) is 28.9. The second kappa shape index (κ2) is 32.2. The number of aryl methyl sites for hydroxylation is 1. The molecule has 0 saturated carbocycles. The average molecular weight is 849 g/mol. The highest BCUT2D eigenvalue weighted by Crippen LogP contribution is 2.12. The lowest BCUT2D eigenvalue weighted by atomic mass is 10.1. The summed E-state index contributed by atoms with van der Waals surface area (Å²) in [5.74, 6) is 1.09. The molecule has 5 aliphatic heterocycles. The Morgan fingerprint density at radius 2 is 0.967 bits per heavy atom. The van der Waals surface area contributed by atoms with Gasteiger partial charge in [-0.05, 0) is 76.3 Å². The molecule has 1 aromatic rings. The van der Waals surface area contributed by atoms with Crippen LogP contribution in [0.3, 0.4) is 0 Å². The Kier molecular flexibility index (Phi) is 28.6. The zero-order valence-electron chi connectivity index (χ0n) is 37.9. The molecule has 5 fully saturated rings. The average Bonchev–Trinajstić information content (AvgIpc) is 3.95. The molecule has 342 valence electrons. The molecule has 0 atom stereocenters. The number of piperidine rings is 1. The lowest BCUT2D eigenvalue weighted by Crippen LogP contribution is -2.37. The van der Waals surface area contributed by atoms with Crippen molar-refractivity contribution in [2.24, 2.45) is 0 Å². The molecule has 0 radical (unpaired) electrons. The van der Waals surface area contributed by atoms with Crippen molar-refractivity contribution in [1.82, 2.24) is 29.1 Å². The van der Waals surface area contributed by atoms with Crippen LogP contribution in [0.4, 0.5) is 9.59 Å². The van der Waals surface area contributed by atoms with Gasteiger partial charge >= 0.3 is 12.2 Å². The minimum atomic E-state index is -0.156. The van der Waals surface area contributed by atoms with E-state index in [-0.39, 0.29) is 29.6 Å². The molecule has 0 N–H and O–H groups in total. The van der Waals surface area contributed by atoms with E-state index in [9.17, 15) is 33.6 Å². The summed E-state index contributed by atoms with van der Waals surface area (Å²) >= 11 is 0. The fourth-order valence-corrected chi connectivity index (χ4v) is 6.73. The van der Waals surface area contributed by atoms with Gasteiger partial charge in [-0.2, -0.15) is 0 Å². The molecule has 6 rings (SSSR count). The molecule has 0 unspecified atom stereocenters. The molecule has 6 amide bonds. The van der Waals surface area contributed by atoms with Crippen molar-refractivity contribution in [3.63, 3.8) is 0 Å². The fraction of sp³-hybridized carbons (Fsp3) is 0.750. The second-order valence-corrected chi connectivity index (χ2v) is 14.9. The summed E-state index contributed by atoms with van der Waals surface area (Å²) in [6, 6.07) is 3.49. The van der Waals surface area contributed by atoms with Crippen LogP contribution in [0.25, 0.3) is 0 Å². The number of likely N-dealkylation sites (tertiary alicyclic amines) is 3. The Bertz CT molecular complexity index is 1410. The predicted octanol–water partition coefficient (Wildman–Crippen LogP) is 6.33. The van der Waals surface area contributed by atoms with Gasteiger partial charge in [0.2, 0.25) is 23.6 Å². The van der Waals surface area contributed by atoms with Crippen molar-refractivity contribution in [1.29, 1.82) is 0 Å². The number of ether oxygens (including phenoxy) is 3. The monoisotopic (exact) mass is 849 g/mol. The molecule has 16 heteroatoms. The SMILES string of the molecule is CCCN1C(=O)CCC1=O.CCCN1CCCC1=O.CCCN1CCCCC1=O.CCCN1CCCOC1=O.CCCN1CCOC1=O.CCCn1cccc(OC)c1=O. The lowest BCUT2D eigenvalue weighted by Gasteiger charge is -2.25. The first kappa shape index (κ1) is 53.4. The van der Waals surface area contributed by atoms with Crippen LogP contribution in [-0.4, -0.2) is 144 Å². The quantitative estimate of drug-likeness (QED) is 0.205. The first-order valence-electron chi connectivity index (χ1n) is 22.4. The highest BCUT2D eigenvalue weighted by molar-refractivity contribution is 6.01. The van der Waals surface area contributed by atoms with Crippen LogP contribution >= 0.6 is 0 Å². The minimum Gasteiger partial charge on any atom is -0.491 e. The van der Waals surface area contributed by atoms with Crippen molar-refractivity contribution in [2.45, 2.75) is 138 Å². The molecular weight excluding hydrogens is 773 g/mol. The van der Waals surface area contributed by atoms with Crippen molar-refractivity contribution in [2.75, 3.05) is 79.2 Å². The van der Waals surface area contributed by atoms with E-state index in [2.05, 4.69) is 20.8 Å². The lowest BCUT2D eigenvalue weighted by molar-refractivity contribution is -0.138. The number of amides is 6. The van der Waals surface area contributed by atoms with Gasteiger partial charge in [0, 0.05) is 90.8 Å². The van der Waals surface area contributed by atoms with Gasteiger partial charge in [0.15, 0.2) is 5.75 Å². The predicted molar refractivity (Wildman–Crippen MR) is 232 cm³/mol. The van der Waals surface area contributed by atoms with Crippen molar-refractivity contribution in [3.8, 4) is 5.75 Å². The molecule has 5 aliphatic rings. The van der Waals surface area contributed by atoms with E-state index < -0.39 is 0 Å². The Balaban J connectivity index is 0.000000361. The molecule has 0 bridgehead atoms. The van der Waals surface area contributed by atoms with Crippen molar-refractivity contribution in [3.05, 3.63) is 28.7 Å². The van der Waals surface area contributed by atoms with Gasteiger partial charge in [-0.25, -0.2) is 9.59 Å². The maximum Gasteiger partial charge on any atom is 0.409 e. The number of methoxy groups -OCH3 is 1. The number of cyclic esters (lactones) is 2. The van der Waals surface area contributed by atoms with Gasteiger partial charge in [-0.1, -0.05) is 41.5 Å². The standard InChI is InChI=1S/C9H13NO2.C8H15NO.C7H11NO2.C7H13NO2.C7H13NO.C6H11NO2/c1-3-6-10-7-4-5-8(12-2)9(10)11;1-2-6-9-7-4-3-5-8(9)10;1-2-5-8-6(9)3-4-7(8)10;1-2-4-8-5-3-6-10-7(8)9;1-2-5-8-6-3-4-7(8)9;1-2-3-7-4-5-9-6(7)8/h4-5,7H,3,6H2,1-2H3;2-7H2,1H3;2-5H2,1H3;2-6H2,1H3;2-6H2,1H3;2-5H2,1H3. The van der Waals surface area contributed by atoms with E-state index in [0.717, 1.165) is 130 Å². The molecule has 6 heterocycles. The summed E-state index contributed by atoms with van der Waals surface area (Å²) in [6.45, 7) is 22.0. The maximum absolute atomic E-state index is 11.4. The number of nitrogens with zero attached hydrogens (tertiary/aromatic N) is 6. The molecule has 60 heavy (non-hydrogen) atoms. The van der Waals surface area contributed by atoms with Gasteiger partial charge in [-0.15, -0.1) is 0 Å². The maximum atomic E-state index is 11.4. The Labute approximate surface area is 358 Å². The Morgan fingerprint density at radius 1 is 0.500 bits per heavy atom. The second-order valence-electron chi connectivity index (χ2n) is 14.9. The van der Waals surface area contributed by atoms with E-state index >= 15 is 0 Å². The van der Waals surface area contributed by atoms with Gasteiger partial charge in [0.25, 0.3) is 5.56 Å². The van der Waals surface area contributed by atoms with Crippen LogP contribution in [0.5, 0.6) is 5.75 Å². The number of hydrogen-bond acceptors (Lipinski definition) is 10. The van der Waals surface area contributed by atoms with Crippen LogP contribution in [0.2, 0.25) is 0 Å². The third kappa shape index (κ3) is 20.6. The molecule has 0 aliphatic carbocycles. The molecule has 1 aromatic heterocycles. The Morgan fingerprint density at radius 3 is 1.42 bits per heavy atom. The highest BCUT2D eigenvalue weighted by atomic mass is 16.6. The molecule has 0 aromatic carbocycles. The van der Waals surface area contributed by atoms with E-state index in [0.29, 0.717) is 50.2 Å². The summed E-state index contributed by atoms with van der Waals surface area (Å²) in [5, 5.41) is 0. The summed E-state index contributed by atoms with van der Waals surface area (Å²) in [5.41, 5.74) is -0.0538. The van der Waals surface area contributed by atoms with E-state index in [1.54, 1.807) is 26.6 Å². The van der Waals surface area contributed by atoms with E-state index in [4.69, 9.17) is 14.2 Å². The van der Waals surface area contributed by atoms with Gasteiger partial charge in [0.05, 0.1) is 20.3 Å². The molecule has 0 spiro atoms. The van der Waals surface area contributed by atoms with E-state index in [1.807, 2.05) is 36.6 Å². The van der Waals surface area contributed by atoms with Crippen LogP contribution in [0.1, 0.15) is 131 Å². The van der Waals surface area contributed by atoms with Crippen molar-refractivity contribution >= 4 is 35.8 Å².